The van der Waals surface area contributed by atoms with Gasteiger partial charge in [0.1, 0.15) is 5.75 Å². The standard InChI is InChI=1S/C28H30N2O3S/c1-19-8-5-6-9-24(19)26-22(16-21-10-11-23(33-4)17-25(21)29-26)18-30(13-7-14-32-3)28(31)27-20(2)12-15-34-27/h5-6,8-12,15-17H,7,13-14,18H2,1-4H3. The van der Waals surface area contributed by atoms with E-state index in [0.717, 1.165) is 55.9 Å². The maximum absolute atomic E-state index is 13.5. The van der Waals surface area contributed by atoms with E-state index in [4.69, 9.17) is 14.5 Å². The number of aryl methyl sites for hydroxylation is 2. The van der Waals surface area contributed by atoms with Crippen LogP contribution in [0.15, 0.2) is 60.0 Å². The van der Waals surface area contributed by atoms with Gasteiger partial charge in [-0.1, -0.05) is 24.3 Å². The number of nitrogens with zero attached hydrogens (tertiary/aromatic N) is 2. The molecule has 0 unspecified atom stereocenters. The second-order valence-corrected chi connectivity index (χ2v) is 9.29. The SMILES string of the molecule is COCCCN(Cc1cc2ccc(OC)cc2nc1-c1ccccc1C)C(=O)c1sccc1C. The second kappa shape index (κ2) is 10.8. The zero-order valence-electron chi connectivity index (χ0n) is 20.1. The van der Waals surface area contributed by atoms with E-state index < -0.39 is 0 Å². The Morgan fingerprint density at radius 1 is 1.03 bits per heavy atom. The van der Waals surface area contributed by atoms with Gasteiger partial charge in [-0.3, -0.25) is 4.79 Å². The molecule has 4 rings (SSSR count). The molecule has 176 valence electrons. The van der Waals surface area contributed by atoms with E-state index in [2.05, 4.69) is 25.1 Å². The first-order valence-corrected chi connectivity index (χ1v) is 12.3. The molecule has 2 aromatic carbocycles. The van der Waals surface area contributed by atoms with Crippen molar-refractivity contribution in [2.24, 2.45) is 0 Å². The lowest BCUT2D eigenvalue weighted by Crippen LogP contribution is -2.32. The van der Waals surface area contributed by atoms with Gasteiger partial charge in [-0.25, -0.2) is 4.98 Å². The first-order chi connectivity index (χ1) is 16.5. The smallest absolute Gasteiger partial charge is 0.264 e. The Balaban J connectivity index is 1.81. The number of hydrogen-bond donors (Lipinski definition) is 0. The molecule has 34 heavy (non-hydrogen) atoms. The van der Waals surface area contributed by atoms with Gasteiger partial charge >= 0.3 is 0 Å². The molecule has 0 saturated carbocycles. The number of pyridine rings is 1. The fourth-order valence-corrected chi connectivity index (χ4v) is 5.00. The van der Waals surface area contributed by atoms with Gasteiger partial charge < -0.3 is 14.4 Å². The number of hydrogen-bond acceptors (Lipinski definition) is 5. The van der Waals surface area contributed by atoms with Gasteiger partial charge in [0.15, 0.2) is 0 Å². The maximum Gasteiger partial charge on any atom is 0.264 e. The highest BCUT2D eigenvalue weighted by Crippen LogP contribution is 2.31. The van der Waals surface area contributed by atoms with Crippen LogP contribution >= 0.6 is 11.3 Å². The Kier molecular flexibility index (Phi) is 7.60. The zero-order chi connectivity index (χ0) is 24.1. The van der Waals surface area contributed by atoms with Crippen LogP contribution in [-0.2, 0) is 11.3 Å². The minimum Gasteiger partial charge on any atom is -0.497 e. The molecule has 5 nitrogen and oxygen atoms in total. The predicted molar refractivity (Wildman–Crippen MR) is 139 cm³/mol. The number of methoxy groups -OCH3 is 2. The number of thiophene rings is 1. The highest BCUT2D eigenvalue weighted by atomic mass is 32.1. The highest BCUT2D eigenvalue weighted by Gasteiger charge is 2.22. The Labute approximate surface area is 205 Å². The Morgan fingerprint density at radius 3 is 2.56 bits per heavy atom. The molecule has 2 heterocycles. The van der Waals surface area contributed by atoms with Gasteiger partial charge in [-0.2, -0.15) is 0 Å². The summed E-state index contributed by atoms with van der Waals surface area (Å²) in [6.07, 6.45) is 0.768. The molecule has 2 aromatic heterocycles. The molecular formula is C28H30N2O3S. The third-order valence-corrected chi connectivity index (χ3v) is 6.99. The molecule has 0 bridgehead atoms. The highest BCUT2D eigenvalue weighted by molar-refractivity contribution is 7.12. The van der Waals surface area contributed by atoms with Gasteiger partial charge in [0.05, 0.1) is 23.2 Å². The topological polar surface area (TPSA) is 51.7 Å². The number of fused-ring (bicyclic) bond motifs is 1. The lowest BCUT2D eigenvalue weighted by atomic mass is 9.99. The van der Waals surface area contributed by atoms with Crippen LogP contribution in [0, 0.1) is 13.8 Å². The molecule has 0 fully saturated rings. The average Bonchev–Trinajstić information content (AvgIpc) is 3.28. The van der Waals surface area contributed by atoms with Crippen LogP contribution in [0.3, 0.4) is 0 Å². The summed E-state index contributed by atoms with van der Waals surface area (Å²) < 4.78 is 10.7. The van der Waals surface area contributed by atoms with Crippen LogP contribution in [0.4, 0.5) is 0 Å². The summed E-state index contributed by atoms with van der Waals surface area (Å²) in [4.78, 5) is 21.3. The van der Waals surface area contributed by atoms with E-state index in [1.54, 1.807) is 14.2 Å². The molecule has 6 heteroatoms. The van der Waals surface area contributed by atoms with E-state index >= 15 is 0 Å². The Hall–Kier alpha value is -3.22. The van der Waals surface area contributed by atoms with Gasteiger partial charge in [0.2, 0.25) is 0 Å². The molecular weight excluding hydrogens is 444 g/mol. The van der Waals surface area contributed by atoms with Crippen LogP contribution in [0.1, 0.15) is 32.8 Å². The Morgan fingerprint density at radius 2 is 1.85 bits per heavy atom. The van der Waals surface area contributed by atoms with Crippen molar-refractivity contribution in [3.05, 3.63) is 81.5 Å². The normalized spacial score (nSPS) is 11.1. The van der Waals surface area contributed by atoms with E-state index in [1.807, 2.05) is 53.6 Å². The molecule has 0 aliphatic heterocycles. The van der Waals surface area contributed by atoms with Crippen molar-refractivity contribution in [1.29, 1.82) is 0 Å². The fourth-order valence-electron chi connectivity index (χ4n) is 4.10. The largest absolute Gasteiger partial charge is 0.497 e. The molecule has 4 aromatic rings. The molecule has 0 aliphatic carbocycles. The van der Waals surface area contributed by atoms with Crippen molar-refractivity contribution < 1.29 is 14.3 Å². The monoisotopic (exact) mass is 474 g/mol. The Bertz CT molecular complexity index is 1300. The van der Waals surface area contributed by atoms with Crippen LogP contribution in [0.25, 0.3) is 22.2 Å². The third-order valence-electron chi connectivity index (χ3n) is 5.99. The van der Waals surface area contributed by atoms with Gasteiger partial charge in [0.25, 0.3) is 5.91 Å². The number of amides is 1. The quantitative estimate of drug-likeness (QED) is 0.268. The summed E-state index contributed by atoms with van der Waals surface area (Å²) in [5, 5.41) is 2.99. The summed E-state index contributed by atoms with van der Waals surface area (Å²) in [5.74, 6) is 0.821. The summed E-state index contributed by atoms with van der Waals surface area (Å²) in [5.41, 5.74) is 6.00. The van der Waals surface area contributed by atoms with Crippen molar-refractivity contribution in [2.75, 3.05) is 27.4 Å². The minimum atomic E-state index is 0.0502. The van der Waals surface area contributed by atoms with Crippen LogP contribution in [0.5, 0.6) is 5.75 Å². The second-order valence-electron chi connectivity index (χ2n) is 8.38. The molecule has 0 aliphatic rings. The first kappa shape index (κ1) is 23.9. The molecule has 0 atom stereocenters. The lowest BCUT2D eigenvalue weighted by molar-refractivity contribution is 0.0728. The summed E-state index contributed by atoms with van der Waals surface area (Å²) in [6, 6.07) is 18.3. The van der Waals surface area contributed by atoms with E-state index in [9.17, 15) is 4.79 Å². The third kappa shape index (κ3) is 5.13. The van der Waals surface area contributed by atoms with Crippen molar-refractivity contribution in [1.82, 2.24) is 9.88 Å². The van der Waals surface area contributed by atoms with E-state index in [0.29, 0.717) is 19.7 Å². The van der Waals surface area contributed by atoms with Gasteiger partial charge in [-0.05, 0) is 66.6 Å². The van der Waals surface area contributed by atoms with Crippen LogP contribution in [0.2, 0.25) is 0 Å². The summed E-state index contributed by atoms with van der Waals surface area (Å²) in [7, 11) is 3.35. The summed E-state index contributed by atoms with van der Waals surface area (Å²) >= 11 is 1.49. The first-order valence-electron chi connectivity index (χ1n) is 11.4. The molecule has 0 spiro atoms. The van der Waals surface area contributed by atoms with Crippen LogP contribution in [-0.4, -0.2) is 43.2 Å². The molecule has 1 amide bonds. The number of ether oxygens (including phenoxy) is 2. The fraction of sp³-hybridized carbons (Fsp3) is 0.286. The van der Waals surface area contributed by atoms with Crippen LogP contribution < -0.4 is 4.74 Å². The zero-order valence-corrected chi connectivity index (χ0v) is 20.9. The summed E-state index contributed by atoms with van der Waals surface area (Å²) in [6.45, 7) is 5.76. The number of carbonyl (C=O) groups is 1. The lowest BCUT2D eigenvalue weighted by Gasteiger charge is -2.24. The van der Waals surface area contributed by atoms with Crippen molar-refractivity contribution in [2.45, 2.75) is 26.8 Å². The van der Waals surface area contributed by atoms with Crippen molar-refractivity contribution >= 4 is 28.1 Å². The number of carbonyl (C=O) groups excluding carboxylic acids is 1. The minimum absolute atomic E-state index is 0.0502. The van der Waals surface area contributed by atoms with Gasteiger partial charge in [0, 0.05) is 43.8 Å². The van der Waals surface area contributed by atoms with E-state index in [-0.39, 0.29) is 5.91 Å². The molecule has 0 N–H and O–H groups in total. The number of rotatable bonds is 9. The predicted octanol–water partition coefficient (Wildman–Crippen LogP) is 6.27. The number of aromatic nitrogens is 1. The molecule has 0 radical (unpaired) electrons. The van der Waals surface area contributed by atoms with E-state index in [1.165, 1.54) is 11.3 Å². The molecule has 0 saturated heterocycles. The van der Waals surface area contributed by atoms with Gasteiger partial charge in [-0.15, -0.1) is 11.3 Å². The van der Waals surface area contributed by atoms with Crippen molar-refractivity contribution in [3.8, 4) is 17.0 Å². The maximum atomic E-state index is 13.5. The number of benzene rings is 2. The average molecular weight is 475 g/mol. The van der Waals surface area contributed by atoms with Crippen molar-refractivity contribution in [3.63, 3.8) is 0 Å².